The number of rotatable bonds is 4. The minimum absolute atomic E-state index is 0.381. The van der Waals surface area contributed by atoms with Gasteiger partial charge >= 0.3 is 0 Å². The lowest BCUT2D eigenvalue weighted by molar-refractivity contribution is 0.100. The van der Waals surface area contributed by atoms with E-state index in [-0.39, 0.29) is 5.91 Å². The second-order valence-corrected chi connectivity index (χ2v) is 6.11. The average molecular weight is 278 g/mol. The van der Waals surface area contributed by atoms with Crippen molar-refractivity contribution in [3.8, 4) is 0 Å². The molecule has 0 unspecified atom stereocenters. The molecule has 0 aliphatic heterocycles. The summed E-state index contributed by atoms with van der Waals surface area (Å²) in [7, 11) is 1.80. The van der Waals surface area contributed by atoms with Crippen molar-refractivity contribution >= 4 is 34.0 Å². The van der Waals surface area contributed by atoms with E-state index in [0.29, 0.717) is 5.56 Å². The van der Waals surface area contributed by atoms with E-state index >= 15 is 0 Å². The van der Waals surface area contributed by atoms with Crippen molar-refractivity contribution in [3.63, 3.8) is 0 Å². The van der Waals surface area contributed by atoms with Gasteiger partial charge in [-0.05, 0) is 24.6 Å². The van der Waals surface area contributed by atoms with Gasteiger partial charge in [0, 0.05) is 11.9 Å². The van der Waals surface area contributed by atoms with Gasteiger partial charge in [0.2, 0.25) is 0 Å². The summed E-state index contributed by atoms with van der Waals surface area (Å²) in [6.07, 6.45) is 0. The summed E-state index contributed by atoms with van der Waals surface area (Å²) in [5.41, 5.74) is 6.96. The van der Waals surface area contributed by atoms with Gasteiger partial charge in [-0.15, -0.1) is 11.3 Å². The van der Waals surface area contributed by atoms with Gasteiger partial charge in [-0.1, -0.05) is 30.0 Å². The molecule has 1 heterocycles. The number of nitrogens with two attached hydrogens (primary N) is 1. The molecule has 0 radical (unpaired) electrons. The average Bonchev–Trinajstić information content (AvgIpc) is 2.67. The number of benzene rings is 1. The van der Waals surface area contributed by atoms with Crippen LogP contribution < -0.4 is 11.1 Å². The third kappa shape index (κ3) is 2.52. The van der Waals surface area contributed by atoms with Crippen LogP contribution in [0.4, 0.5) is 5.00 Å². The van der Waals surface area contributed by atoms with Gasteiger partial charge in [0.1, 0.15) is 5.00 Å². The SMILES string of the molecule is CNc1sc(Sc2ccccc2)c(C)c1C(N)=O. The Morgan fingerprint density at radius 2 is 2.00 bits per heavy atom. The fourth-order valence-electron chi connectivity index (χ4n) is 1.66. The number of hydrogen-bond donors (Lipinski definition) is 2. The second-order valence-electron chi connectivity index (χ2n) is 3.75. The number of hydrogen-bond acceptors (Lipinski definition) is 4. The molecule has 0 aliphatic carbocycles. The van der Waals surface area contributed by atoms with Gasteiger partial charge < -0.3 is 11.1 Å². The number of carbonyl (C=O) groups excluding carboxylic acids is 1. The highest BCUT2D eigenvalue weighted by Gasteiger charge is 2.18. The van der Waals surface area contributed by atoms with Gasteiger partial charge in [-0.25, -0.2) is 0 Å². The lowest BCUT2D eigenvalue weighted by atomic mass is 10.2. The second kappa shape index (κ2) is 5.46. The van der Waals surface area contributed by atoms with Crippen LogP contribution in [0.5, 0.6) is 0 Å². The molecule has 0 bridgehead atoms. The van der Waals surface area contributed by atoms with E-state index in [4.69, 9.17) is 5.73 Å². The number of amides is 1. The van der Waals surface area contributed by atoms with Gasteiger partial charge in [0.25, 0.3) is 5.91 Å². The summed E-state index contributed by atoms with van der Waals surface area (Å²) in [6.45, 7) is 1.93. The summed E-state index contributed by atoms with van der Waals surface area (Å²) in [5.74, 6) is -0.381. The lowest BCUT2D eigenvalue weighted by Gasteiger charge is -2.00. The van der Waals surface area contributed by atoms with E-state index in [1.165, 1.54) is 0 Å². The molecule has 3 nitrogen and oxygen atoms in total. The zero-order valence-electron chi connectivity index (χ0n) is 10.2. The Balaban J connectivity index is 2.38. The third-order valence-electron chi connectivity index (χ3n) is 2.53. The summed E-state index contributed by atoms with van der Waals surface area (Å²) in [5, 5.41) is 3.86. The van der Waals surface area contributed by atoms with E-state index in [1.54, 1.807) is 30.1 Å². The van der Waals surface area contributed by atoms with Crippen molar-refractivity contribution in [2.75, 3.05) is 12.4 Å². The normalized spacial score (nSPS) is 10.3. The van der Waals surface area contributed by atoms with E-state index in [0.717, 1.165) is 19.7 Å². The van der Waals surface area contributed by atoms with Crippen LogP contribution >= 0.6 is 23.1 Å². The zero-order chi connectivity index (χ0) is 13.1. The van der Waals surface area contributed by atoms with Crippen LogP contribution in [-0.2, 0) is 0 Å². The Bertz CT molecular complexity index is 564. The van der Waals surface area contributed by atoms with Crippen molar-refractivity contribution in [2.24, 2.45) is 5.73 Å². The van der Waals surface area contributed by atoms with Crippen LogP contribution in [0.3, 0.4) is 0 Å². The molecule has 0 atom stereocenters. The molecule has 3 N–H and O–H groups in total. The van der Waals surface area contributed by atoms with Crippen LogP contribution in [-0.4, -0.2) is 13.0 Å². The number of thiophene rings is 1. The summed E-state index contributed by atoms with van der Waals surface area (Å²) < 4.78 is 1.10. The maximum Gasteiger partial charge on any atom is 0.252 e. The first-order valence-electron chi connectivity index (χ1n) is 5.47. The molecule has 5 heteroatoms. The Morgan fingerprint density at radius 3 is 2.50 bits per heavy atom. The first-order valence-corrected chi connectivity index (χ1v) is 7.10. The highest BCUT2D eigenvalue weighted by atomic mass is 32.2. The summed E-state index contributed by atoms with van der Waals surface area (Å²) in [4.78, 5) is 12.6. The van der Waals surface area contributed by atoms with E-state index in [1.807, 2.05) is 37.3 Å². The fourth-order valence-corrected chi connectivity index (χ4v) is 4.02. The standard InChI is InChI=1S/C13H14N2OS2/c1-8-10(11(14)16)12(15-2)18-13(8)17-9-6-4-3-5-7-9/h3-7,15H,1-2H3,(H2,14,16). The lowest BCUT2D eigenvalue weighted by Crippen LogP contribution is -2.13. The molecule has 1 aromatic heterocycles. The molecule has 2 aromatic rings. The Morgan fingerprint density at radius 1 is 1.33 bits per heavy atom. The van der Waals surface area contributed by atoms with Crippen molar-refractivity contribution < 1.29 is 4.79 Å². The third-order valence-corrected chi connectivity index (χ3v) is 5.13. The number of carbonyl (C=O) groups is 1. The molecular weight excluding hydrogens is 264 g/mol. The smallest absolute Gasteiger partial charge is 0.252 e. The zero-order valence-corrected chi connectivity index (χ0v) is 11.8. The highest BCUT2D eigenvalue weighted by Crippen LogP contribution is 2.41. The molecule has 94 valence electrons. The number of anilines is 1. The minimum Gasteiger partial charge on any atom is -0.379 e. The van der Waals surface area contributed by atoms with Crippen LogP contribution in [0.2, 0.25) is 0 Å². The summed E-state index contributed by atoms with van der Waals surface area (Å²) in [6, 6.07) is 10.1. The first-order chi connectivity index (χ1) is 8.63. The van der Waals surface area contributed by atoms with Crippen LogP contribution in [0, 0.1) is 6.92 Å². The number of nitrogens with one attached hydrogen (secondary N) is 1. The van der Waals surface area contributed by atoms with Gasteiger partial charge in [-0.3, -0.25) is 4.79 Å². The molecule has 0 saturated carbocycles. The monoisotopic (exact) mass is 278 g/mol. The fraction of sp³-hybridized carbons (Fsp3) is 0.154. The van der Waals surface area contributed by atoms with E-state index < -0.39 is 0 Å². The minimum atomic E-state index is -0.381. The van der Waals surface area contributed by atoms with Crippen molar-refractivity contribution in [1.82, 2.24) is 0 Å². The predicted octanol–water partition coefficient (Wildman–Crippen LogP) is 3.35. The van der Waals surface area contributed by atoms with E-state index in [2.05, 4.69) is 5.32 Å². The molecule has 1 aromatic carbocycles. The Hall–Kier alpha value is -1.46. The number of primary amides is 1. The molecule has 18 heavy (non-hydrogen) atoms. The largest absolute Gasteiger partial charge is 0.379 e. The first kappa shape index (κ1) is 13.0. The molecule has 0 spiro atoms. The molecule has 2 rings (SSSR count). The molecule has 0 aliphatic rings. The maximum atomic E-state index is 11.4. The topological polar surface area (TPSA) is 55.1 Å². The molecule has 0 fully saturated rings. The van der Waals surface area contributed by atoms with Gasteiger partial charge in [-0.2, -0.15) is 0 Å². The van der Waals surface area contributed by atoms with Gasteiger partial charge in [0.05, 0.1) is 9.77 Å². The van der Waals surface area contributed by atoms with Crippen LogP contribution in [0.1, 0.15) is 15.9 Å². The van der Waals surface area contributed by atoms with Crippen molar-refractivity contribution in [1.29, 1.82) is 0 Å². The Kier molecular flexibility index (Phi) is 3.93. The quantitative estimate of drug-likeness (QED) is 0.901. The highest BCUT2D eigenvalue weighted by molar-refractivity contribution is 8.01. The maximum absolute atomic E-state index is 11.4. The van der Waals surface area contributed by atoms with Gasteiger partial charge in [0.15, 0.2) is 0 Å². The summed E-state index contributed by atoms with van der Waals surface area (Å²) >= 11 is 3.21. The predicted molar refractivity (Wildman–Crippen MR) is 77.7 cm³/mol. The molecule has 1 amide bonds. The van der Waals surface area contributed by atoms with Crippen molar-refractivity contribution in [3.05, 3.63) is 41.5 Å². The Labute approximate surface area is 114 Å². The van der Waals surface area contributed by atoms with E-state index in [9.17, 15) is 4.79 Å². The molecular formula is C13H14N2OS2. The van der Waals surface area contributed by atoms with Crippen LogP contribution in [0.15, 0.2) is 39.4 Å². The molecule has 0 saturated heterocycles. The van der Waals surface area contributed by atoms with Crippen molar-refractivity contribution in [2.45, 2.75) is 16.0 Å². The van der Waals surface area contributed by atoms with Crippen LogP contribution in [0.25, 0.3) is 0 Å².